The van der Waals surface area contributed by atoms with Crippen molar-refractivity contribution in [2.75, 3.05) is 17.3 Å². The molecule has 5 nitrogen and oxygen atoms in total. The minimum Gasteiger partial charge on any atom is -0.328 e. The van der Waals surface area contributed by atoms with Gasteiger partial charge in [-0.25, -0.2) is 0 Å². The minimum absolute atomic E-state index is 0.408. The van der Waals surface area contributed by atoms with E-state index >= 15 is 0 Å². The summed E-state index contributed by atoms with van der Waals surface area (Å²) in [5.74, 6) is 1.64. The summed E-state index contributed by atoms with van der Waals surface area (Å²) in [7, 11) is 1.97. The van der Waals surface area contributed by atoms with Crippen LogP contribution in [0, 0.1) is 6.92 Å². The smallest absolute Gasteiger partial charge is 0.249 e. The minimum atomic E-state index is 0.408. The van der Waals surface area contributed by atoms with Gasteiger partial charge in [0.2, 0.25) is 5.95 Å². The average molecular weight is 333 g/mol. The lowest BCUT2D eigenvalue weighted by molar-refractivity contribution is 0.865. The van der Waals surface area contributed by atoms with Crippen molar-refractivity contribution in [3.05, 3.63) is 65.9 Å². The second kappa shape index (κ2) is 7.30. The first-order valence-electron chi connectivity index (χ1n) is 8.41. The van der Waals surface area contributed by atoms with Crippen molar-refractivity contribution in [2.24, 2.45) is 0 Å². The molecule has 0 aliphatic rings. The largest absolute Gasteiger partial charge is 0.328 e. The van der Waals surface area contributed by atoms with Gasteiger partial charge in [0, 0.05) is 18.4 Å². The molecule has 0 spiro atoms. The summed E-state index contributed by atoms with van der Waals surface area (Å²) in [6, 6.07) is 16.4. The van der Waals surface area contributed by atoms with Gasteiger partial charge in [0.25, 0.3) is 0 Å². The molecule has 0 unspecified atom stereocenters. The molecule has 1 heterocycles. The molecule has 0 fully saturated rings. The standard InChI is InChI=1S/C20H23N5/c1-14(2)17-12-8-9-15(3)19(17)23-20-22-18(13-21-24-20)25(4)16-10-6-5-7-11-16/h5-14H,1-4H3,(H,22,23,24). The van der Waals surface area contributed by atoms with E-state index in [-0.39, 0.29) is 0 Å². The maximum Gasteiger partial charge on any atom is 0.249 e. The van der Waals surface area contributed by atoms with Crippen molar-refractivity contribution >= 4 is 23.1 Å². The summed E-state index contributed by atoms with van der Waals surface area (Å²) < 4.78 is 0. The Morgan fingerprint density at radius 1 is 1.00 bits per heavy atom. The van der Waals surface area contributed by atoms with Crippen molar-refractivity contribution in [1.82, 2.24) is 15.2 Å². The molecule has 2 aromatic carbocycles. The van der Waals surface area contributed by atoms with E-state index in [0.29, 0.717) is 11.9 Å². The van der Waals surface area contributed by atoms with Crippen molar-refractivity contribution in [3.63, 3.8) is 0 Å². The van der Waals surface area contributed by atoms with Crippen molar-refractivity contribution in [3.8, 4) is 0 Å². The summed E-state index contributed by atoms with van der Waals surface area (Å²) in [6.07, 6.45) is 1.67. The first-order chi connectivity index (χ1) is 12.1. The molecular weight excluding hydrogens is 310 g/mol. The fourth-order valence-corrected chi connectivity index (χ4v) is 2.75. The highest BCUT2D eigenvalue weighted by Crippen LogP contribution is 2.29. The van der Waals surface area contributed by atoms with Crippen LogP contribution in [0.1, 0.15) is 30.9 Å². The molecule has 1 N–H and O–H groups in total. The van der Waals surface area contributed by atoms with Crippen molar-refractivity contribution in [2.45, 2.75) is 26.7 Å². The molecule has 0 atom stereocenters. The third-order valence-corrected chi connectivity index (χ3v) is 4.20. The van der Waals surface area contributed by atoms with Gasteiger partial charge in [-0.2, -0.15) is 10.1 Å². The van der Waals surface area contributed by atoms with Crippen LogP contribution in [0.3, 0.4) is 0 Å². The van der Waals surface area contributed by atoms with E-state index in [1.165, 1.54) is 5.56 Å². The van der Waals surface area contributed by atoms with Crippen LogP contribution in [0.4, 0.5) is 23.1 Å². The Kier molecular flexibility index (Phi) is 4.93. The number of hydrogen-bond acceptors (Lipinski definition) is 5. The molecule has 3 rings (SSSR count). The first-order valence-corrected chi connectivity index (χ1v) is 8.41. The summed E-state index contributed by atoms with van der Waals surface area (Å²) in [6.45, 7) is 6.44. The maximum atomic E-state index is 4.63. The van der Waals surface area contributed by atoms with Crippen LogP contribution in [0.5, 0.6) is 0 Å². The van der Waals surface area contributed by atoms with Crippen LogP contribution in [0.2, 0.25) is 0 Å². The quantitative estimate of drug-likeness (QED) is 0.726. The molecule has 0 saturated heterocycles. The van der Waals surface area contributed by atoms with E-state index in [1.807, 2.05) is 42.3 Å². The highest BCUT2D eigenvalue weighted by Gasteiger charge is 2.12. The van der Waals surface area contributed by atoms with Gasteiger partial charge in [0.05, 0.1) is 6.20 Å². The van der Waals surface area contributed by atoms with E-state index in [1.54, 1.807) is 6.20 Å². The van der Waals surface area contributed by atoms with E-state index in [0.717, 1.165) is 22.8 Å². The highest BCUT2D eigenvalue weighted by molar-refractivity contribution is 5.65. The van der Waals surface area contributed by atoms with Crippen LogP contribution < -0.4 is 10.2 Å². The van der Waals surface area contributed by atoms with Gasteiger partial charge in [0.15, 0.2) is 5.82 Å². The normalized spacial score (nSPS) is 10.8. The summed E-state index contributed by atoms with van der Waals surface area (Å²) in [5.41, 5.74) is 4.51. The molecule has 0 bridgehead atoms. The molecule has 1 aromatic heterocycles. The summed E-state index contributed by atoms with van der Waals surface area (Å²) in [4.78, 5) is 6.61. The number of benzene rings is 2. The SMILES string of the molecule is Cc1cccc(C(C)C)c1Nc1nncc(N(C)c2ccccc2)n1. The van der Waals surface area contributed by atoms with Gasteiger partial charge in [-0.3, -0.25) is 0 Å². The zero-order valence-corrected chi connectivity index (χ0v) is 15.1. The van der Waals surface area contributed by atoms with E-state index in [4.69, 9.17) is 0 Å². The van der Waals surface area contributed by atoms with Crippen LogP contribution in [0.25, 0.3) is 0 Å². The monoisotopic (exact) mass is 333 g/mol. The number of rotatable bonds is 5. The van der Waals surface area contributed by atoms with Gasteiger partial charge in [-0.15, -0.1) is 5.10 Å². The van der Waals surface area contributed by atoms with Crippen molar-refractivity contribution in [1.29, 1.82) is 0 Å². The Morgan fingerprint density at radius 2 is 1.76 bits per heavy atom. The highest BCUT2D eigenvalue weighted by atomic mass is 15.3. The van der Waals surface area contributed by atoms with E-state index in [2.05, 4.69) is 59.5 Å². The first kappa shape index (κ1) is 16.9. The summed E-state index contributed by atoms with van der Waals surface area (Å²) >= 11 is 0. The number of aromatic nitrogens is 3. The third-order valence-electron chi connectivity index (χ3n) is 4.20. The Labute approximate surface area is 148 Å². The van der Waals surface area contributed by atoms with Gasteiger partial charge in [0.1, 0.15) is 0 Å². The van der Waals surface area contributed by atoms with E-state index < -0.39 is 0 Å². The van der Waals surface area contributed by atoms with E-state index in [9.17, 15) is 0 Å². The molecule has 0 aliphatic heterocycles. The molecule has 25 heavy (non-hydrogen) atoms. The van der Waals surface area contributed by atoms with Gasteiger partial charge in [-0.05, 0) is 36.1 Å². The van der Waals surface area contributed by atoms with Crippen LogP contribution in [-0.2, 0) is 0 Å². The Balaban J connectivity index is 1.91. The zero-order chi connectivity index (χ0) is 17.8. The lowest BCUT2D eigenvalue weighted by Crippen LogP contribution is -2.13. The Morgan fingerprint density at radius 3 is 2.48 bits per heavy atom. The van der Waals surface area contributed by atoms with Crippen LogP contribution in [0.15, 0.2) is 54.7 Å². The summed E-state index contributed by atoms with van der Waals surface area (Å²) in [5, 5.41) is 11.6. The predicted molar refractivity (Wildman–Crippen MR) is 103 cm³/mol. The Bertz CT molecular complexity index is 846. The molecule has 3 aromatic rings. The topological polar surface area (TPSA) is 53.9 Å². The lowest BCUT2D eigenvalue weighted by Gasteiger charge is -2.19. The number of nitrogens with zero attached hydrogens (tertiary/aromatic N) is 4. The molecule has 128 valence electrons. The Hall–Kier alpha value is -2.95. The maximum absolute atomic E-state index is 4.63. The predicted octanol–water partition coefficient (Wildman–Crippen LogP) is 4.81. The van der Waals surface area contributed by atoms with Crippen LogP contribution in [-0.4, -0.2) is 22.2 Å². The fraction of sp³-hybridized carbons (Fsp3) is 0.250. The molecule has 0 radical (unpaired) electrons. The van der Waals surface area contributed by atoms with Gasteiger partial charge in [-0.1, -0.05) is 50.2 Å². The number of hydrogen-bond donors (Lipinski definition) is 1. The fourth-order valence-electron chi connectivity index (χ4n) is 2.75. The van der Waals surface area contributed by atoms with Gasteiger partial charge >= 0.3 is 0 Å². The average Bonchev–Trinajstić information content (AvgIpc) is 2.63. The molecule has 5 heteroatoms. The number of para-hydroxylation sites is 2. The lowest BCUT2D eigenvalue weighted by atomic mass is 9.98. The van der Waals surface area contributed by atoms with Crippen molar-refractivity contribution < 1.29 is 0 Å². The molecular formula is C20H23N5. The number of anilines is 4. The van der Waals surface area contributed by atoms with Crippen LogP contribution >= 0.6 is 0 Å². The number of nitrogens with one attached hydrogen (secondary N) is 1. The molecule has 0 aliphatic carbocycles. The molecule has 0 saturated carbocycles. The molecule has 0 amide bonds. The zero-order valence-electron chi connectivity index (χ0n) is 15.1. The second-order valence-corrected chi connectivity index (χ2v) is 6.35. The van der Waals surface area contributed by atoms with Gasteiger partial charge < -0.3 is 10.2 Å². The third kappa shape index (κ3) is 3.76. The second-order valence-electron chi connectivity index (χ2n) is 6.35. The number of aryl methyl sites for hydroxylation is 1.